The molecule has 0 saturated carbocycles. The van der Waals surface area contributed by atoms with E-state index in [2.05, 4.69) is 34.9 Å². The summed E-state index contributed by atoms with van der Waals surface area (Å²) in [6.45, 7) is 6.84. The van der Waals surface area contributed by atoms with Crippen LogP contribution in [-0.2, 0) is 35.9 Å². The van der Waals surface area contributed by atoms with Crippen molar-refractivity contribution in [3.05, 3.63) is 28.3 Å². The molecule has 1 aromatic carbocycles. The number of benzene rings is 1. The van der Waals surface area contributed by atoms with Gasteiger partial charge >= 0.3 is 16.2 Å². The molecule has 1 heterocycles. The summed E-state index contributed by atoms with van der Waals surface area (Å²) in [6, 6.07) is 1.86. The number of nitrogens with one attached hydrogen (secondary N) is 2. The maximum Gasteiger partial charge on any atom is 0.333 e. The molecule has 160 valence electrons. The van der Waals surface area contributed by atoms with Crippen molar-refractivity contribution >= 4 is 21.9 Å². The van der Waals surface area contributed by atoms with Crippen LogP contribution in [0.4, 0.5) is 10.5 Å². The van der Waals surface area contributed by atoms with Gasteiger partial charge in [-0.2, -0.15) is 12.7 Å². The molecule has 1 unspecified atom stereocenters. The number of likely N-dealkylation sites (N-methyl/N-ethyl adjacent to an activating group) is 1. The van der Waals surface area contributed by atoms with Gasteiger partial charge in [0, 0.05) is 24.8 Å². The Labute approximate surface area is 174 Å². The molecule has 29 heavy (non-hydrogen) atoms. The summed E-state index contributed by atoms with van der Waals surface area (Å²) >= 11 is 0. The van der Waals surface area contributed by atoms with Crippen LogP contribution in [-0.4, -0.2) is 55.9 Å². The molecule has 0 spiro atoms. The summed E-state index contributed by atoms with van der Waals surface area (Å²) in [5.41, 5.74) is 5.88. The first kappa shape index (κ1) is 20.6. The van der Waals surface area contributed by atoms with Gasteiger partial charge in [0.25, 0.3) is 0 Å². The molecule has 1 saturated heterocycles. The van der Waals surface area contributed by atoms with E-state index in [1.165, 1.54) is 26.6 Å². The zero-order chi connectivity index (χ0) is 20.6. The average Bonchev–Trinajstić information content (AvgIpc) is 3.42. The summed E-state index contributed by atoms with van der Waals surface area (Å²) in [7, 11) is -3.85. The normalized spacial score (nSPS) is 21.4. The molecule has 1 atom stereocenters. The SMILES string of the molecule is CCN(CC)C1CCN(S(=O)(=O)NC(=O)Nc2c3c(cc4c2CCC4)CCC3)C1. The van der Waals surface area contributed by atoms with E-state index in [0.29, 0.717) is 13.1 Å². The Morgan fingerprint density at radius 1 is 1.10 bits per heavy atom. The molecule has 3 aliphatic rings. The molecule has 1 fully saturated rings. The Bertz CT molecular complexity index is 863. The van der Waals surface area contributed by atoms with E-state index in [-0.39, 0.29) is 6.04 Å². The van der Waals surface area contributed by atoms with Crippen LogP contribution >= 0.6 is 0 Å². The fourth-order valence-electron chi connectivity index (χ4n) is 5.25. The molecular weight excluding hydrogens is 388 g/mol. The van der Waals surface area contributed by atoms with Gasteiger partial charge in [0.15, 0.2) is 0 Å². The van der Waals surface area contributed by atoms with Gasteiger partial charge in [-0.15, -0.1) is 0 Å². The Balaban J connectivity index is 1.46. The molecular formula is C21H32N4O3S. The zero-order valence-electron chi connectivity index (χ0n) is 17.5. The number of carbonyl (C=O) groups excluding carboxylic acids is 1. The Hall–Kier alpha value is -1.64. The van der Waals surface area contributed by atoms with E-state index in [9.17, 15) is 13.2 Å². The molecule has 8 heteroatoms. The number of anilines is 1. The second-order valence-corrected chi connectivity index (χ2v) is 9.99. The lowest BCUT2D eigenvalue weighted by atomic mass is 9.99. The highest BCUT2D eigenvalue weighted by Gasteiger charge is 2.35. The lowest BCUT2D eigenvalue weighted by Crippen LogP contribution is -2.46. The number of rotatable bonds is 6. The highest BCUT2D eigenvalue weighted by Crippen LogP contribution is 2.38. The predicted octanol–water partition coefficient (Wildman–Crippen LogP) is 2.45. The maximum absolute atomic E-state index is 12.8. The van der Waals surface area contributed by atoms with Gasteiger partial charge in [0.1, 0.15) is 0 Å². The number of aryl methyl sites for hydroxylation is 2. The van der Waals surface area contributed by atoms with Crippen molar-refractivity contribution in [2.24, 2.45) is 0 Å². The van der Waals surface area contributed by atoms with Gasteiger partial charge in [-0.25, -0.2) is 9.52 Å². The summed E-state index contributed by atoms with van der Waals surface area (Å²) in [5, 5.41) is 2.91. The number of urea groups is 1. The van der Waals surface area contributed by atoms with Gasteiger partial charge in [0.2, 0.25) is 0 Å². The van der Waals surface area contributed by atoms with Crippen LogP contribution < -0.4 is 10.0 Å². The molecule has 4 rings (SSSR count). The molecule has 1 aromatic rings. The summed E-state index contributed by atoms with van der Waals surface area (Å²) in [6.07, 6.45) is 6.95. The number of hydrogen-bond acceptors (Lipinski definition) is 4. The second kappa shape index (κ2) is 8.24. The third-order valence-corrected chi connectivity index (χ3v) is 8.18. The topological polar surface area (TPSA) is 81.8 Å². The van der Waals surface area contributed by atoms with Crippen LogP contribution in [0.3, 0.4) is 0 Å². The van der Waals surface area contributed by atoms with Crippen molar-refractivity contribution < 1.29 is 13.2 Å². The first-order valence-electron chi connectivity index (χ1n) is 10.9. The molecule has 0 radical (unpaired) electrons. The fraction of sp³-hybridized carbons (Fsp3) is 0.667. The van der Waals surface area contributed by atoms with Crippen LogP contribution in [0.2, 0.25) is 0 Å². The Morgan fingerprint density at radius 2 is 1.72 bits per heavy atom. The molecule has 1 aliphatic heterocycles. The number of carbonyl (C=O) groups is 1. The lowest BCUT2D eigenvalue weighted by molar-refractivity contribution is 0.224. The molecule has 2 N–H and O–H groups in total. The van der Waals surface area contributed by atoms with Gasteiger partial charge in [0.05, 0.1) is 0 Å². The average molecular weight is 421 g/mol. The number of amides is 2. The maximum atomic E-state index is 12.8. The quantitative estimate of drug-likeness (QED) is 0.741. The van der Waals surface area contributed by atoms with E-state index < -0.39 is 16.2 Å². The van der Waals surface area contributed by atoms with Crippen LogP contribution in [0.15, 0.2) is 6.07 Å². The molecule has 7 nitrogen and oxygen atoms in total. The van der Waals surface area contributed by atoms with E-state index in [1.54, 1.807) is 0 Å². The first-order valence-corrected chi connectivity index (χ1v) is 12.4. The van der Waals surface area contributed by atoms with E-state index in [0.717, 1.165) is 63.7 Å². The minimum Gasteiger partial charge on any atom is -0.307 e. The largest absolute Gasteiger partial charge is 0.333 e. The third kappa shape index (κ3) is 4.02. The van der Waals surface area contributed by atoms with Crippen LogP contribution in [0, 0.1) is 0 Å². The Morgan fingerprint density at radius 3 is 2.31 bits per heavy atom. The Kier molecular flexibility index (Phi) is 5.86. The zero-order valence-corrected chi connectivity index (χ0v) is 18.3. The van der Waals surface area contributed by atoms with Crippen molar-refractivity contribution in [3.8, 4) is 0 Å². The van der Waals surface area contributed by atoms with Crippen LogP contribution in [0.1, 0.15) is 55.4 Å². The van der Waals surface area contributed by atoms with Crippen molar-refractivity contribution in [3.63, 3.8) is 0 Å². The van der Waals surface area contributed by atoms with E-state index in [1.807, 2.05) is 0 Å². The highest BCUT2D eigenvalue weighted by molar-refractivity contribution is 7.87. The number of fused-ring (bicyclic) bond motifs is 2. The lowest BCUT2D eigenvalue weighted by Gasteiger charge is -2.26. The minimum absolute atomic E-state index is 0.213. The van der Waals surface area contributed by atoms with Gasteiger partial charge < -0.3 is 5.32 Å². The van der Waals surface area contributed by atoms with E-state index >= 15 is 0 Å². The van der Waals surface area contributed by atoms with Gasteiger partial charge in [-0.05, 0) is 80.3 Å². The summed E-state index contributed by atoms with van der Waals surface area (Å²) in [5.74, 6) is 0. The highest BCUT2D eigenvalue weighted by atomic mass is 32.2. The van der Waals surface area contributed by atoms with Crippen molar-refractivity contribution in [2.75, 3.05) is 31.5 Å². The summed E-state index contributed by atoms with van der Waals surface area (Å²) < 4.78 is 29.2. The first-order chi connectivity index (χ1) is 13.9. The fourth-order valence-corrected chi connectivity index (χ4v) is 6.38. The van der Waals surface area contributed by atoms with Crippen LogP contribution in [0.25, 0.3) is 0 Å². The predicted molar refractivity (Wildman–Crippen MR) is 114 cm³/mol. The molecule has 0 bridgehead atoms. The smallest absolute Gasteiger partial charge is 0.307 e. The van der Waals surface area contributed by atoms with Crippen molar-refractivity contribution in [2.45, 2.75) is 64.8 Å². The minimum atomic E-state index is -3.85. The van der Waals surface area contributed by atoms with Crippen LogP contribution in [0.5, 0.6) is 0 Å². The summed E-state index contributed by atoms with van der Waals surface area (Å²) in [4.78, 5) is 14.9. The molecule has 0 aromatic heterocycles. The van der Waals surface area contributed by atoms with Crippen molar-refractivity contribution in [1.29, 1.82) is 0 Å². The van der Waals surface area contributed by atoms with E-state index in [4.69, 9.17) is 0 Å². The monoisotopic (exact) mass is 420 g/mol. The second-order valence-electron chi connectivity index (χ2n) is 8.32. The van der Waals surface area contributed by atoms with Crippen molar-refractivity contribution in [1.82, 2.24) is 13.9 Å². The van der Waals surface area contributed by atoms with Gasteiger partial charge in [-0.1, -0.05) is 19.9 Å². The van der Waals surface area contributed by atoms with Gasteiger partial charge in [-0.3, -0.25) is 4.90 Å². The molecule has 2 amide bonds. The number of nitrogens with zero attached hydrogens (tertiary/aromatic N) is 2. The molecule has 2 aliphatic carbocycles. The third-order valence-electron chi connectivity index (χ3n) is 6.73. The number of hydrogen-bond donors (Lipinski definition) is 2. The standard InChI is InChI=1S/C21H32N4O3S/c1-3-24(4-2)17-11-12-25(14-17)29(27,28)23-21(26)22-20-18-9-5-7-15(18)13-16-8-6-10-19(16)20/h13,17H,3-12,14H2,1-2H3,(H2,22,23,26).